The smallest absolute Gasteiger partial charge is 0.253 e. The van der Waals surface area contributed by atoms with Gasteiger partial charge in [-0.05, 0) is 43.2 Å². The number of hydrogen-bond donors (Lipinski definition) is 2. The molecule has 1 aromatic carbocycles. The van der Waals surface area contributed by atoms with E-state index in [1.54, 1.807) is 12.1 Å². The first-order valence-electron chi connectivity index (χ1n) is 10.5. The molecule has 5 rings (SSSR count). The molecule has 0 unspecified atom stereocenters. The van der Waals surface area contributed by atoms with Gasteiger partial charge in [-0.2, -0.15) is 0 Å². The van der Waals surface area contributed by atoms with Crippen molar-refractivity contribution in [3.05, 3.63) is 54.4 Å². The molecule has 9 heteroatoms. The number of anilines is 1. The van der Waals surface area contributed by atoms with Crippen molar-refractivity contribution >= 4 is 32.5 Å². The molecule has 0 radical (unpaired) electrons. The second-order valence-electron chi connectivity index (χ2n) is 8.12. The third-order valence-corrected chi connectivity index (χ3v) is 7.65. The Morgan fingerprint density at radius 1 is 1.10 bits per heavy atom. The summed E-state index contributed by atoms with van der Waals surface area (Å²) in [5.41, 5.74) is 2.15. The maximum atomic E-state index is 12.8. The van der Waals surface area contributed by atoms with E-state index in [9.17, 15) is 13.2 Å². The van der Waals surface area contributed by atoms with Crippen LogP contribution in [0.2, 0.25) is 0 Å². The first kappa shape index (κ1) is 19.9. The minimum absolute atomic E-state index is 0.0299. The maximum Gasteiger partial charge on any atom is 0.253 e. The molecule has 162 valence electrons. The van der Waals surface area contributed by atoms with Gasteiger partial charge in [0.05, 0.1) is 17.1 Å². The highest BCUT2D eigenvalue weighted by Crippen LogP contribution is 2.30. The van der Waals surface area contributed by atoms with Crippen molar-refractivity contribution in [2.75, 3.05) is 17.8 Å². The number of pyridine rings is 1. The molecule has 1 aliphatic heterocycles. The van der Waals surface area contributed by atoms with Gasteiger partial charge in [-0.1, -0.05) is 0 Å². The van der Waals surface area contributed by atoms with E-state index in [0.717, 1.165) is 23.7 Å². The summed E-state index contributed by atoms with van der Waals surface area (Å²) >= 11 is 0. The van der Waals surface area contributed by atoms with E-state index >= 15 is 0 Å². The van der Waals surface area contributed by atoms with Gasteiger partial charge in [0.25, 0.3) is 5.91 Å². The highest BCUT2D eigenvalue weighted by atomic mass is 32.2. The lowest BCUT2D eigenvalue weighted by Crippen LogP contribution is -2.41. The largest absolute Gasteiger partial charge is 0.474 e. The van der Waals surface area contributed by atoms with E-state index in [1.165, 1.54) is 6.20 Å². The number of carbonyl (C=O) groups excluding carboxylic acids is 1. The number of aromatic amines is 1. The van der Waals surface area contributed by atoms with Crippen molar-refractivity contribution in [2.24, 2.45) is 0 Å². The van der Waals surface area contributed by atoms with Crippen LogP contribution in [0.25, 0.3) is 10.9 Å². The SMILES string of the molecule is O=C(c1ccc2[nH]ccc2c1)N1CCC(Oc2ccc(NS(=O)(=O)C3CC3)cn2)CC1. The maximum absolute atomic E-state index is 12.8. The summed E-state index contributed by atoms with van der Waals surface area (Å²) < 4.78 is 32.5. The molecule has 1 saturated heterocycles. The van der Waals surface area contributed by atoms with Gasteiger partial charge in [-0.15, -0.1) is 0 Å². The number of amides is 1. The number of H-pyrrole nitrogens is 1. The van der Waals surface area contributed by atoms with E-state index in [2.05, 4.69) is 14.7 Å². The lowest BCUT2D eigenvalue weighted by atomic mass is 10.1. The molecule has 1 amide bonds. The second kappa shape index (κ2) is 7.88. The van der Waals surface area contributed by atoms with Crippen LogP contribution in [0.5, 0.6) is 5.88 Å². The van der Waals surface area contributed by atoms with Crippen LogP contribution in [0.1, 0.15) is 36.0 Å². The number of ether oxygens (including phenoxy) is 1. The summed E-state index contributed by atoms with van der Waals surface area (Å²) in [6, 6.07) is 11.0. The van der Waals surface area contributed by atoms with Gasteiger partial charge in [-0.25, -0.2) is 13.4 Å². The van der Waals surface area contributed by atoms with Gasteiger partial charge in [0.1, 0.15) is 6.10 Å². The number of likely N-dealkylation sites (tertiary alicyclic amines) is 1. The predicted molar refractivity (Wildman–Crippen MR) is 118 cm³/mol. The van der Waals surface area contributed by atoms with Crippen LogP contribution < -0.4 is 9.46 Å². The average molecular weight is 441 g/mol. The fourth-order valence-electron chi connectivity index (χ4n) is 3.85. The number of nitrogens with zero attached hydrogens (tertiary/aromatic N) is 2. The van der Waals surface area contributed by atoms with Crippen LogP contribution in [-0.2, 0) is 10.0 Å². The Labute approximate surface area is 180 Å². The van der Waals surface area contributed by atoms with Crippen molar-refractivity contribution < 1.29 is 17.9 Å². The number of carbonyl (C=O) groups is 1. The molecule has 0 bridgehead atoms. The van der Waals surface area contributed by atoms with Crippen molar-refractivity contribution in [1.82, 2.24) is 14.9 Å². The molecule has 2 N–H and O–H groups in total. The lowest BCUT2D eigenvalue weighted by molar-refractivity contribution is 0.0588. The van der Waals surface area contributed by atoms with Crippen LogP contribution >= 0.6 is 0 Å². The molecule has 2 aromatic heterocycles. The molecule has 2 aliphatic rings. The third-order valence-electron chi connectivity index (χ3n) is 5.78. The van der Waals surface area contributed by atoms with Crippen LogP contribution in [0, 0.1) is 0 Å². The monoisotopic (exact) mass is 440 g/mol. The number of nitrogens with one attached hydrogen (secondary N) is 2. The van der Waals surface area contributed by atoms with Gasteiger partial charge in [0, 0.05) is 54.7 Å². The van der Waals surface area contributed by atoms with Gasteiger partial charge in [-0.3, -0.25) is 9.52 Å². The third kappa shape index (κ3) is 4.36. The summed E-state index contributed by atoms with van der Waals surface area (Å²) in [6.07, 6.45) is 6.18. The Balaban J connectivity index is 1.15. The Bertz CT molecular complexity index is 1190. The average Bonchev–Trinajstić information content (AvgIpc) is 3.54. The Morgan fingerprint density at radius 3 is 2.61 bits per heavy atom. The van der Waals surface area contributed by atoms with Gasteiger partial charge in [0.15, 0.2) is 0 Å². The van der Waals surface area contributed by atoms with Gasteiger partial charge >= 0.3 is 0 Å². The highest BCUT2D eigenvalue weighted by molar-refractivity contribution is 7.93. The first-order chi connectivity index (χ1) is 15.0. The summed E-state index contributed by atoms with van der Waals surface area (Å²) in [4.78, 5) is 22.1. The number of benzene rings is 1. The number of sulfonamides is 1. The zero-order chi connectivity index (χ0) is 21.4. The van der Waals surface area contributed by atoms with E-state index in [1.807, 2.05) is 35.4 Å². The second-order valence-corrected chi connectivity index (χ2v) is 10.1. The summed E-state index contributed by atoms with van der Waals surface area (Å²) in [7, 11) is -3.30. The van der Waals surface area contributed by atoms with E-state index in [0.29, 0.717) is 43.1 Å². The highest BCUT2D eigenvalue weighted by Gasteiger charge is 2.35. The van der Waals surface area contributed by atoms with Crippen molar-refractivity contribution in [1.29, 1.82) is 0 Å². The standard InChI is InChI=1S/C22H24N4O4S/c27-22(16-1-5-20-15(13-16)7-10-23-20)26-11-8-18(9-12-26)30-21-6-2-17(14-24-21)25-31(28,29)19-3-4-19/h1-2,5-7,10,13-14,18-19,23,25H,3-4,8-9,11-12H2. The number of fused-ring (bicyclic) bond motifs is 1. The molecule has 31 heavy (non-hydrogen) atoms. The first-order valence-corrected chi connectivity index (χ1v) is 12.0. The van der Waals surface area contributed by atoms with Crippen LogP contribution in [0.3, 0.4) is 0 Å². The Morgan fingerprint density at radius 2 is 1.90 bits per heavy atom. The van der Waals surface area contributed by atoms with Crippen molar-refractivity contribution in [2.45, 2.75) is 37.0 Å². The zero-order valence-electron chi connectivity index (χ0n) is 17.0. The molecule has 8 nitrogen and oxygen atoms in total. The molecule has 1 saturated carbocycles. The number of rotatable bonds is 6. The molecular formula is C22H24N4O4S. The van der Waals surface area contributed by atoms with E-state index < -0.39 is 10.0 Å². The zero-order valence-corrected chi connectivity index (χ0v) is 17.8. The van der Waals surface area contributed by atoms with Crippen LogP contribution in [-0.4, -0.2) is 53.6 Å². The molecule has 0 spiro atoms. The summed E-state index contributed by atoms with van der Waals surface area (Å²) in [5, 5.41) is 0.749. The van der Waals surface area contributed by atoms with Crippen molar-refractivity contribution in [3.63, 3.8) is 0 Å². The van der Waals surface area contributed by atoms with Crippen LogP contribution in [0.4, 0.5) is 5.69 Å². The van der Waals surface area contributed by atoms with E-state index in [-0.39, 0.29) is 17.3 Å². The predicted octanol–water partition coefficient (Wildman–Crippen LogP) is 3.15. The molecule has 0 atom stereocenters. The molecule has 3 aromatic rings. The molecule has 1 aliphatic carbocycles. The minimum atomic E-state index is -3.30. The Kier molecular flexibility index (Phi) is 5.05. The molecule has 3 heterocycles. The van der Waals surface area contributed by atoms with E-state index in [4.69, 9.17) is 4.74 Å². The minimum Gasteiger partial charge on any atom is -0.474 e. The molecule has 2 fully saturated rings. The topological polar surface area (TPSA) is 104 Å². The van der Waals surface area contributed by atoms with Crippen molar-refractivity contribution in [3.8, 4) is 5.88 Å². The van der Waals surface area contributed by atoms with Gasteiger partial charge < -0.3 is 14.6 Å². The summed E-state index contributed by atoms with van der Waals surface area (Å²) in [5.74, 6) is 0.490. The number of piperidine rings is 1. The van der Waals surface area contributed by atoms with Crippen LogP contribution in [0.15, 0.2) is 48.8 Å². The molecular weight excluding hydrogens is 416 g/mol. The number of aromatic nitrogens is 2. The normalized spacial score (nSPS) is 17.6. The fraction of sp³-hybridized carbons (Fsp3) is 0.364. The fourth-order valence-corrected chi connectivity index (χ4v) is 5.23. The lowest BCUT2D eigenvalue weighted by Gasteiger charge is -2.32. The quantitative estimate of drug-likeness (QED) is 0.613. The van der Waals surface area contributed by atoms with Gasteiger partial charge in [0.2, 0.25) is 15.9 Å². The summed E-state index contributed by atoms with van der Waals surface area (Å²) in [6.45, 7) is 1.24. The number of hydrogen-bond acceptors (Lipinski definition) is 5. The Hall–Kier alpha value is -3.07.